The fourth-order valence-electron chi connectivity index (χ4n) is 3.39. The summed E-state index contributed by atoms with van der Waals surface area (Å²) in [7, 11) is 2.02. The minimum Gasteiger partial charge on any atom is -0.377 e. The van der Waals surface area contributed by atoms with E-state index in [0.717, 1.165) is 26.0 Å². The van der Waals surface area contributed by atoms with Crippen LogP contribution in [0.2, 0.25) is 0 Å². The summed E-state index contributed by atoms with van der Waals surface area (Å²) in [5.41, 5.74) is 0. The van der Waals surface area contributed by atoms with E-state index in [0.29, 0.717) is 24.6 Å². The average Bonchev–Trinajstić information content (AvgIpc) is 2.42. The lowest BCUT2D eigenvalue weighted by Crippen LogP contribution is -2.46. The molecule has 4 heteroatoms. The lowest BCUT2D eigenvalue weighted by molar-refractivity contribution is -0.123. The summed E-state index contributed by atoms with van der Waals surface area (Å²) >= 11 is 0. The van der Waals surface area contributed by atoms with E-state index < -0.39 is 0 Å². The van der Waals surface area contributed by atoms with E-state index in [1.165, 1.54) is 32.1 Å². The molecule has 116 valence electrons. The van der Waals surface area contributed by atoms with Crippen molar-refractivity contribution in [2.75, 3.05) is 26.7 Å². The molecule has 1 saturated carbocycles. The number of hydrogen-bond acceptors (Lipinski definition) is 3. The van der Waals surface area contributed by atoms with Crippen LogP contribution < -0.4 is 5.32 Å². The molecule has 4 nitrogen and oxygen atoms in total. The van der Waals surface area contributed by atoms with Crippen LogP contribution in [0.4, 0.5) is 0 Å². The van der Waals surface area contributed by atoms with Crippen LogP contribution >= 0.6 is 0 Å². The highest BCUT2D eigenvalue weighted by molar-refractivity contribution is 5.78. The van der Waals surface area contributed by atoms with Gasteiger partial charge in [0.05, 0.1) is 12.6 Å². The predicted molar refractivity (Wildman–Crippen MR) is 80.7 cm³/mol. The molecule has 1 aliphatic heterocycles. The van der Waals surface area contributed by atoms with Crippen LogP contribution in [-0.2, 0) is 9.53 Å². The van der Waals surface area contributed by atoms with Gasteiger partial charge in [0, 0.05) is 19.2 Å². The highest BCUT2D eigenvalue weighted by atomic mass is 16.5. The first kappa shape index (κ1) is 15.8. The highest BCUT2D eigenvalue weighted by Crippen LogP contribution is 2.23. The third-order valence-corrected chi connectivity index (χ3v) is 4.66. The van der Waals surface area contributed by atoms with Gasteiger partial charge in [-0.1, -0.05) is 19.8 Å². The van der Waals surface area contributed by atoms with Crippen molar-refractivity contribution in [3.8, 4) is 0 Å². The van der Waals surface area contributed by atoms with E-state index >= 15 is 0 Å². The summed E-state index contributed by atoms with van der Waals surface area (Å²) in [5.74, 6) is 0.793. The molecule has 2 rings (SSSR count). The molecule has 1 saturated heterocycles. The first-order valence-electron chi connectivity index (χ1n) is 8.24. The first-order valence-corrected chi connectivity index (χ1v) is 8.24. The number of rotatable bonds is 5. The Hall–Kier alpha value is -0.610. The van der Waals surface area contributed by atoms with Gasteiger partial charge in [0.15, 0.2) is 0 Å². The van der Waals surface area contributed by atoms with Gasteiger partial charge in [-0.3, -0.25) is 9.69 Å². The van der Waals surface area contributed by atoms with Gasteiger partial charge in [0.25, 0.3) is 0 Å². The molecule has 20 heavy (non-hydrogen) atoms. The van der Waals surface area contributed by atoms with Gasteiger partial charge in [-0.05, 0) is 45.1 Å². The maximum Gasteiger partial charge on any atom is 0.234 e. The van der Waals surface area contributed by atoms with Crippen LogP contribution in [0.15, 0.2) is 0 Å². The summed E-state index contributed by atoms with van der Waals surface area (Å²) in [4.78, 5) is 14.2. The van der Waals surface area contributed by atoms with E-state index in [2.05, 4.69) is 17.1 Å². The van der Waals surface area contributed by atoms with Crippen molar-refractivity contribution in [2.24, 2.45) is 5.92 Å². The van der Waals surface area contributed by atoms with E-state index in [1.807, 2.05) is 7.05 Å². The van der Waals surface area contributed by atoms with E-state index in [1.54, 1.807) is 0 Å². The molecule has 0 aromatic heterocycles. The van der Waals surface area contributed by atoms with Gasteiger partial charge >= 0.3 is 0 Å². The van der Waals surface area contributed by atoms with Gasteiger partial charge in [-0.25, -0.2) is 0 Å². The number of carbonyl (C=O) groups excluding carboxylic acids is 1. The molecule has 0 bridgehead atoms. The zero-order chi connectivity index (χ0) is 14.4. The number of nitrogens with zero attached hydrogens (tertiary/aromatic N) is 1. The second kappa shape index (κ2) is 7.99. The van der Waals surface area contributed by atoms with Crippen molar-refractivity contribution >= 4 is 5.91 Å². The Morgan fingerprint density at radius 3 is 2.65 bits per heavy atom. The second-order valence-electron chi connectivity index (χ2n) is 6.62. The van der Waals surface area contributed by atoms with E-state index in [-0.39, 0.29) is 5.91 Å². The van der Waals surface area contributed by atoms with Crippen LogP contribution in [0, 0.1) is 5.92 Å². The zero-order valence-corrected chi connectivity index (χ0v) is 13.1. The number of amides is 1. The molecule has 1 N–H and O–H groups in total. The minimum absolute atomic E-state index is 0.169. The van der Waals surface area contributed by atoms with Crippen molar-refractivity contribution in [1.82, 2.24) is 10.2 Å². The van der Waals surface area contributed by atoms with Crippen molar-refractivity contribution in [3.05, 3.63) is 0 Å². The van der Waals surface area contributed by atoms with Crippen molar-refractivity contribution in [3.63, 3.8) is 0 Å². The maximum absolute atomic E-state index is 12.1. The molecule has 0 aromatic rings. The van der Waals surface area contributed by atoms with Crippen LogP contribution in [0.5, 0.6) is 0 Å². The third-order valence-electron chi connectivity index (χ3n) is 4.66. The lowest BCUT2D eigenvalue weighted by Gasteiger charge is -2.31. The van der Waals surface area contributed by atoms with Gasteiger partial charge in [0.2, 0.25) is 5.91 Å². The molecular weight excluding hydrogens is 252 g/mol. The Morgan fingerprint density at radius 2 is 1.95 bits per heavy atom. The molecule has 0 spiro atoms. The molecule has 2 aliphatic rings. The molecule has 1 heterocycles. The van der Waals surface area contributed by atoms with Crippen molar-refractivity contribution in [2.45, 2.75) is 64.0 Å². The highest BCUT2D eigenvalue weighted by Gasteiger charge is 2.23. The Kier molecular flexibility index (Phi) is 6.30. The summed E-state index contributed by atoms with van der Waals surface area (Å²) in [5, 5.41) is 3.22. The molecule has 3 atom stereocenters. The fraction of sp³-hybridized carbons (Fsp3) is 0.938. The number of likely N-dealkylation sites (N-methyl/N-ethyl adjacent to an activating group) is 1. The summed E-state index contributed by atoms with van der Waals surface area (Å²) in [6, 6.07) is 0.385. The third kappa shape index (κ3) is 5.06. The molecule has 1 aliphatic carbocycles. The van der Waals surface area contributed by atoms with Gasteiger partial charge < -0.3 is 10.1 Å². The second-order valence-corrected chi connectivity index (χ2v) is 6.62. The summed E-state index contributed by atoms with van der Waals surface area (Å²) in [6.45, 7) is 4.49. The monoisotopic (exact) mass is 282 g/mol. The largest absolute Gasteiger partial charge is 0.377 e. The molecule has 2 fully saturated rings. The Balaban J connectivity index is 1.67. The zero-order valence-electron chi connectivity index (χ0n) is 13.1. The minimum atomic E-state index is 0.169. The SMILES string of the molecule is C[C@@H]1CCCC[C@H]1NC(=O)CN(C)C[C@@H]1CCCCO1. The molecule has 1 amide bonds. The van der Waals surface area contributed by atoms with Crippen LogP contribution in [-0.4, -0.2) is 49.7 Å². The summed E-state index contributed by atoms with van der Waals surface area (Å²) < 4.78 is 5.72. The van der Waals surface area contributed by atoms with Crippen LogP contribution in [0.1, 0.15) is 51.9 Å². The Labute approximate surface area is 123 Å². The smallest absolute Gasteiger partial charge is 0.234 e. The van der Waals surface area contributed by atoms with Crippen molar-refractivity contribution in [1.29, 1.82) is 0 Å². The van der Waals surface area contributed by atoms with Crippen LogP contribution in [0.25, 0.3) is 0 Å². The average molecular weight is 282 g/mol. The molecule has 0 radical (unpaired) electrons. The number of carbonyl (C=O) groups is 1. The van der Waals surface area contributed by atoms with Crippen molar-refractivity contribution < 1.29 is 9.53 Å². The first-order chi connectivity index (χ1) is 9.65. The lowest BCUT2D eigenvalue weighted by atomic mass is 9.86. The topological polar surface area (TPSA) is 41.6 Å². The van der Waals surface area contributed by atoms with Crippen LogP contribution in [0.3, 0.4) is 0 Å². The van der Waals surface area contributed by atoms with Gasteiger partial charge in [-0.15, -0.1) is 0 Å². The predicted octanol–water partition coefficient (Wildman–Crippen LogP) is 2.18. The normalized spacial score (nSPS) is 31.2. The van der Waals surface area contributed by atoms with E-state index in [9.17, 15) is 4.79 Å². The quantitative estimate of drug-likeness (QED) is 0.840. The molecule has 0 unspecified atom stereocenters. The standard InChI is InChI=1S/C16H30N2O2/c1-13-7-3-4-9-15(13)17-16(19)12-18(2)11-14-8-5-6-10-20-14/h13-15H,3-12H2,1-2H3,(H,17,19)/t13-,14+,15-/m1/s1. The van der Waals surface area contributed by atoms with Gasteiger partial charge in [0.1, 0.15) is 0 Å². The fourth-order valence-corrected chi connectivity index (χ4v) is 3.39. The number of hydrogen-bond donors (Lipinski definition) is 1. The number of ether oxygens (including phenoxy) is 1. The molecule has 0 aromatic carbocycles. The van der Waals surface area contributed by atoms with Gasteiger partial charge in [-0.2, -0.15) is 0 Å². The van der Waals surface area contributed by atoms with E-state index in [4.69, 9.17) is 4.74 Å². The Morgan fingerprint density at radius 1 is 1.20 bits per heavy atom. The maximum atomic E-state index is 12.1. The Bertz CT molecular complexity index is 303. The molecular formula is C16H30N2O2. The number of nitrogens with one attached hydrogen (secondary N) is 1. The summed E-state index contributed by atoms with van der Waals surface area (Å²) in [6.07, 6.45) is 8.83.